The second kappa shape index (κ2) is 13.3. The Bertz CT molecular complexity index is 2240. The number of methoxy groups -OCH3 is 1. The van der Waals surface area contributed by atoms with Crippen LogP contribution in [-0.4, -0.2) is 41.5 Å². The van der Waals surface area contributed by atoms with Gasteiger partial charge in [0.1, 0.15) is 5.75 Å². The van der Waals surface area contributed by atoms with E-state index in [4.69, 9.17) is 25.8 Å². The highest BCUT2D eigenvalue weighted by atomic mass is 35.5. The van der Waals surface area contributed by atoms with Gasteiger partial charge < -0.3 is 19.1 Å². The number of carbonyl (C=O) groups is 1. The van der Waals surface area contributed by atoms with Crippen LogP contribution < -0.4 is 14.2 Å². The topological polar surface area (TPSA) is 51.0 Å². The fourth-order valence-corrected chi connectivity index (χ4v) is 8.65. The molecular weight excluding hydrogens is 680 g/mol. The number of carbonyl (C=O) groups excluding carboxylic acids is 1. The smallest absolute Gasteiger partial charge is 0.343 e. The molecule has 0 N–H and O–H groups in total. The lowest BCUT2D eigenvalue weighted by molar-refractivity contribution is -0.0345. The minimum absolute atomic E-state index is 0.00736. The Hall–Kier alpha value is -5.82. The molecule has 3 aliphatic rings. The molecule has 0 bridgehead atoms. The van der Waals surface area contributed by atoms with Crippen LogP contribution in [0, 0.1) is 6.92 Å². The van der Waals surface area contributed by atoms with Crippen LogP contribution in [-0.2, 0) is 5.72 Å². The number of hydrogen-bond donors (Lipinski definition) is 0. The monoisotopic (exact) mass is 716 g/mol. The third-order valence-electron chi connectivity index (χ3n) is 10.7. The van der Waals surface area contributed by atoms with Gasteiger partial charge in [-0.1, -0.05) is 151 Å². The summed E-state index contributed by atoms with van der Waals surface area (Å²) in [5.74, 6) is 0.811. The number of benzene rings is 6. The molecule has 6 aromatic carbocycles. The number of nitrogens with zero attached hydrogens (tertiary/aromatic N) is 2. The van der Waals surface area contributed by atoms with Crippen molar-refractivity contribution in [3.63, 3.8) is 0 Å². The summed E-state index contributed by atoms with van der Waals surface area (Å²) in [5, 5.41) is 0.527. The van der Waals surface area contributed by atoms with Crippen LogP contribution in [0.25, 0.3) is 5.03 Å². The summed E-state index contributed by atoms with van der Waals surface area (Å²) in [5.41, 5.74) is 5.85. The molecule has 0 radical (unpaired) electrons. The molecule has 262 valence electrons. The van der Waals surface area contributed by atoms with Crippen molar-refractivity contribution in [1.82, 2.24) is 9.80 Å². The molecule has 0 aromatic heterocycles. The van der Waals surface area contributed by atoms with Gasteiger partial charge in [-0.25, -0.2) is 4.79 Å². The zero-order valence-corrected chi connectivity index (χ0v) is 30.1. The molecule has 0 aliphatic carbocycles. The SMILES string of the molecule is COc1c(C)c(OC(=O)c2ccccc2)cc2c1OC(c1ccccc1)(c1ccccc1)N1C[C@@H]3[C@H](C1=C2Cl)N3C(c1ccccc1)c1ccccc1. The molecule has 9 rings (SSSR count). The van der Waals surface area contributed by atoms with Gasteiger partial charge in [0, 0.05) is 28.8 Å². The van der Waals surface area contributed by atoms with Gasteiger partial charge in [0.05, 0.1) is 41.5 Å². The van der Waals surface area contributed by atoms with Crippen LogP contribution in [0.2, 0.25) is 0 Å². The maximum atomic E-state index is 13.4. The van der Waals surface area contributed by atoms with Crippen LogP contribution in [0.3, 0.4) is 0 Å². The molecule has 3 atom stereocenters. The first-order chi connectivity index (χ1) is 26.0. The second-order valence-corrected chi connectivity index (χ2v) is 14.0. The molecule has 3 aliphatic heterocycles. The lowest BCUT2D eigenvalue weighted by atomic mass is 9.91. The first kappa shape index (κ1) is 33.0. The Morgan fingerprint density at radius 3 is 1.81 bits per heavy atom. The molecule has 53 heavy (non-hydrogen) atoms. The lowest BCUT2D eigenvalue weighted by Gasteiger charge is -2.45. The maximum Gasteiger partial charge on any atom is 0.343 e. The lowest BCUT2D eigenvalue weighted by Crippen LogP contribution is -2.51. The predicted molar refractivity (Wildman–Crippen MR) is 207 cm³/mol. The number of fused-ring (bicyclic) bond motifs is 4. The molecule has 6 nitrogen and oxygen atoms in total. The molecule has 2 fully saturated rings. The van der Waals surface area contributed by atoms with Crippen LogP contribution in [0.15, 0.2) is 163 Å². The average Bonchev–Trinajstić information content (AvgIpc) is 3.77. The fourth-order valence-electron chi connectivity index (χ4n) is 8.29. The van der Waals surface area contributed by atoms with Gasteiger partial charge >= 0.3 is 5.97 Å². The first-order valence-electron chi connectivity index (χ1n) is 17.8. The van der Waals surface area contributed by atoms with Gasteiger partial charge in [0.15, 0.2) is 11.5 Å². The second-order valence-electron chi connectivity index (χ2n) is 13.6. The van der Waals surface area contributed by atoms with Gasteiger partial charge in [-0.05, 0) is 36.2 Å². The first-order valence-corrected chi connectivity index (χ1v) is 18.2. The van der Waals surface area contributed by atoms with E-state index in [1.807, 2.05) is 67.6 Å². The van der Waals surface area contributed by atoms with Crippen molar-refractivity contribution in [3.05, 3.63) is 202 Å². The van der Waals surface area contributed by atoms with Crippen molar-refractivity contribution < 1.29 is 19.0 Å². The quantitative estimate of drug-likeness (QED) is 0.0889. The fraction of sp³-hybridized carbons (Fsp3) is 0.152. The summed E-state index contributed by atoms with van der Waals surface area (Å²) in [6, 6.07) is 52.8. The van der Waals surface area contributed by atoms with E-state index in [1.165, 1.54) is 11.1 Å². The van der Waals surface area contributed by atoms with Crippen molar-refractivity contribution in [3.8, 4) is 17.2 Å². The van der Waals surface area contributed by atoms with Crippen molar-refractivity contribution >= 4 is 22.6 Å². The van der Waals surface area contributed by atoms with E-state index in [-0.39, 0.29) is 18.1 Å². The van der Waals surface area contributed by atoms with Crippen LogP contribution >= 0.6 is 11.6 Å². The van der Waals surface area contributed by atoms with Gasteiger partial charge in [-0.2, -0.15) is 0 Å². The number of hydrogen-bond acceptors (Lipinski definition) is 6. The third kappa shape index (κ3) is 5.40. The van der Waals surface area contributed by atoms with Crippen molar-refractivity contribution in [2.45, 2.75) is 30.8 Å². The van der Waals surface area contributed by atoms with Gasteiger partial charge in [0.25, 0.3) is 0 Å². The Balaban J connectivity index is 1.27. The summed E-state index contributed by atoms with van der Waals surface area (Å²) in [6.07, 6.45) is 0. The van der Waals surface area contributed by atoms with E-state index in [1.54, 1.807) is 19.2 Å². The highest BCUT2D eigenvalue weighted by molar-refractivity contribution is 6.49. The molecule has 1 unspecified atom stereocenters. The molecular formula is C46H37ClN2O4. The number of esters is 1. The molecule has 0 saturated carbocycles. The summed E-state index contributed by atoms with van der Waals surface area (Å²) in [4.78, 5) is 18.3. The number of ether oxygens (including phenoxy) is 3. The molecule has 2 saturated heterocycles. The van der Waals surface area contributed by atoms with Gasteiger partial charge in [0.2, 0.25) is 5.72 Å². The zero-order valence-electron chi connectivity index (χ0n) is 29.4. The highest BCUT2D eigenvalue weighted by Crippen LogP contribution is 2.61. The third-order valence-corrected chi connectivity index (χ3v) is 11.1. The molecule has 7 heteroatoms. The van der Waals surface area contributed by atoms with Gasteiger partial charge in [-0.3, -0.25) is 4.90 Å². The van der Waals surface area contributed by atoms with Crippen molar-refractivity contribution in [1.29, 1.82) is 0 Å². The van der Waals surface area contributed by atoms with Crippen LogP contribution in [0.5, 0.6) is 17.2 Å². The number of piperazine rings is 1. The van der Waals surface area contributed by atoms with E-state index in [0.29, 0.717) is 45.5 Å². The Morgan fingerprint density at radius 1 is 0.774 bits per heavy atom. The van der Waals surface area contributed by atoms with Crippen LogP contribution in [0.4, 0.5) is 0 Å². The van der Waals surface area contributed by atoms with E-state index in [2.05, 4.69) is 94.7 Å². The predicted octanol–water partition coefficient (Wildman–Crippen LogP) is 9.58. The summed E-state index contributed by atoms with van der Waals surface area (Å²) < 4.78 is 19.7. The average molecular weight is 717 g/mol. The van der Waals surface area contributed by atoms with E-state index < -0.39 is 11.7 Å². The van der Waals surface area contributed by atoms with Gasteiger partial charge in [-0.15, -0.1) is 0 Å². The minimum Gasteiger partial charge on any atom is -0.492 e. The minimum atomic E-state index is -1.11. The summed E-state index contributed by atoms with van der Waals surface area (Å²) >= 11 is 7.78. The number of halogens is 1. The molecule has 0 amide bonds. The number of rotatable bonds is 8. The van der Waals surface area contributed by atoms with Crippen molar-refractivity contribution in [2.24, 2.45) is 0 Å². The van der Waals surface area contributed by atoms with E-state index in [0.717, 1.165) is 16.8 Å². The Kier molecular flexibility index (Phi) is 8.29. The maximum absolute atomic E-state index is 13.4. The molecule has 0 spiro atoms. The van der Waals surface area contributed by atoms with Crippen molar-refractivity contribution in [2.75, 3.05) is 13.7 Å². The van der Waals surface area contributed by atoms with Crippen LogP contribution in [0.1, 0.15) is 49.8 Å². The molecule has 3 heterocycles. The normalized spacial score (nSPS) is 19.4. The molecule has 6 aromatic rings. The van der Waals surface area contributed by atoms with E-state index >= 15 is 0 Å². The zero-order chi connectivity index (χ0) is 36.1. The Labute approximate surface area is 314 Å². The standard InChI is InChI=1S/C46H37ClN2O4/c1-30-38(52-45(50)33-22-12-5-13-23-33)28-36-39(47)42-41-37(49(41)40(31-18-8-3-9-19-31)32-20-10-4-11-21-32)29-48(42)46(34-24-14-6-15-25-34,35-26-16-7-17-27-35)53-44(36)43(30)51-2/h3-28,37,40-41H,29H2,1-2H3/t37-,41-,49?/m1/s1. The summed E-state index contributed by atoms with van der Waals surface area (Å²) in [6.45, 7) is 2.53. The highest BCUT2D eigenvalue weighted by Gasteiger charge is 2.66. The largest absolute Gasteiger partial charge is 0.492 e. The van der Waals surface area contributed by atoms with E-state index in [9.17, 15) is 4.79 Å². The summed E-state index contributed by atoms with van der Waals surface area (Å²) in [7, 11) is 1.61. The Morgan fingerprint density at radius 2 is 1.28 bits per heavy atom.